The summed E-state index contributed by atoms with van der Waals surface area (Å²) in [4.78, 5) is 27.1. The highest BCUT2D eigenvalue weighted by atomic mass is 16.4. The van der Waals surface area contributed by atoms with Gasteiger partial charge in [-0.15, -0.1) is 0 Å². The molecule has 0 bridgehead atoms. The van der Waals surface area contributed by atoms with Crippen molar-refractivity contribution in [2.45, 2.75) is 58.5 Å². The highest BCUT2D eigenvalue weighted by molar-refractivity contribution is 5.76. The summed E-state index contributed by atoms with van der Waals surface area (Å²) in [6.45, 7) is 6.64. The maximum absolute atomic E-state index is 12.4. The average Bonchev–Trinajstić information content (AvgIpc) is 2.38. The number of carbonyl (C=O) groups excluding carboxylic acids is 1. The molecule has 0 aromatic rings. The van der Waals surface area contributed by atoms with Crippen molar-refractivity contribution in [3.63, 3.8) is 0 Å². The third kappa shape index (κ3) is 3.61. The van der Waals surface area contributed by atoms with Gasteiger partial charge in [0.25, 0.3) is 0 Å². The predicted octanol–water partition coefficient (Wildman–Crippen LogP) is 2.41. The normalized spacial score (nSPS) is 23.5. The Kier molecular flexibility index (Phi) is 5.63. The molecule has 0 aromatic heterocycles. The second-order valence-corrected chi connectivity index (χ2v) is 5.47. The molecule has 110 valence electrons. The van der Waals surface area contributed by atoms with Crippen LogP contribution in [-0.4, -0.2) is 52.6 Å². The Morgan fingerprint density at radius 3 is 2.37 bits per heavy atom. The van der Waals surface area contributed by atoms with Crippen LogP contribution in [0.5, 0.6) is 0 Å². The monoisotopic (exact) mass is 270 g/mol. The molecule has 0 radical (unpaired) electrons. The van der Waals surface area contributed by atoms with Gasteiger partial charge in [-0.05, 0) is 32.6 Å². The topological polar surface area (TPSA) is 60.9 Å². The highest BCUT2D eigenvalue weighted by Crippen LogP contribution is 2.24. The van der Waals surface area contributed by atoms with Crippen molar-refractivity contribution in [1.82, 2.24) is 9.80 Å². The van der Waals surface area contributed by atoms with Gasteiger partial charge < -0.3 is 14.9 Å². The Balaban J connectivity index is 2.66. The Morgan fingerprint density at radius 1 is 1.37 bits per heavy atom. The molecule has 5 heteroatoms. The molecule has 2 amide bonds. The first-order chi connectivity index (χ1) is 8.92. The van der Waals surface area contributed by atoms with Crippen LogP contribution in [0.3, 0.4) is 0 Å². The molecule has 2 atom stereocenters. The molecule has 0 aliphatic carbocycles. The van der Waals surface area contributed by atoms with Gasteiger partial charge in [0.2, 0.25) is 0 Å². The van der Waals surface area contributed by atoms with Crippen molar-refractivity contribution in [2.75, 3.05) is 13.6 Å². The minimum absolute atomic E-state index is 0.000776. The van der Waals surface area contributed by atoms with E-state index in [0.29, 0.717) is 19.4 Å². The van der Waals surface area contributed by atoms with E-state index in [2.05, 4.69) is 13.8 Å². The van der Waals surface area contributed by atoms with Crippen molar-refractivity contribution in [1.29, 1.82) is 0 Å². The van der Waals surface area contributed by atoms with Crippen molar-refractivity contribution >= 4 is 12.0 Å². The lowest BCUT2D eigenvalue weighted by Crippen LogP contribution is -2.52. The number of aliphatic carboxylic acids is 1. The zero-order valence-electron chi connectivity index (χ0n) is 12.4. The standard InChI is InChI=1S/C14H26N2O3/c1-5-12(6-2)15(4)14(19)16-8-7-11(13(17)18)9-10(16)3/h10-12H,5-9H2,1-4H3,(H,17,18). The van der Waals surface area contributed by atoms with E-state index in [1.165, 1.54) is 0 Å². The van der Waals surface area contributed by atoms with Crippen LogP contribution in [0.25, 0.3) is 0 Å². The van der Waals surface area contributed by atoms with Crippen LogP contribution in [-0.2, 0) is 4.79 Å². The zero-order valence-corrected chi connectivity index (χ0v) is 12.4. The van der Waals surface area contributed by atoms with Crippen LogP contribution in [0.15, 0.2) is 0 Å². The second-order valence-electron chi connectivity index (χ2n) is 5.47. The number of carboxylic acids is 1. The van der Waals surface area contributed by atoms with E-state index in [4.69, 9.17) is 5.11 Å². The van der Waals surface area contributed by atoms with Crippen LogP contribution in [0.1, 0.15) is 46.5 Å². The molecular formula is C14H26N2O3. The van der Waals surface area contributed by atoms with Gasteiger partial charge in [0.1, 0.15) is 0 Å². The number of carbonyl (C=O) groups is 2. The maximum atomic E-state index is 12.4. The Morgan fingerprint density at radius 2 is 1.95 bits per heavy atom. The molecule has 1 aliphatic rings. The number of hydrogen-bond acceptors (Lipinski definition) is 2. The third-order valence-corrected chi connectivity index (χ3v) is 4.26. The molecule has 0 spiro atoms. The van der Waals surface area contributed by atoms with Crippen LogP contribution in [0.4, 0.5) is 4.79 Å². The van der Waals surface area contributed by atoms with Crippen LogP contribution < -0.4 is 0 Å². The summed E-state index contributed by atoms with van der Waals surface area (Å²) in [5.41, 5.74) is 0. The van der Waals surface area contributed by atoms with Crippen LogP contribution in [0, 0.1) is 5.92 Å². The summed E-state index contributed by atoms with van der Waals surface area (Å²) in [5.74, 6) is -1.05. The van der Waals surface area contributed by atoms with Crippen LogP contribution in [0.2, 0.25) is 0 Å². The lowest BCUT2D eigenvalue weighted by molar-refractivity contribution is -0.143. The molecule has 1 fully saturated rings. The van der Waals surface area contributed by atoms with E-state index in [0.717, 1.165) is 12.8 Å². The molecule has 0 aromatic carbocycles. The number of urea groups is 1. The Bertz CT molecular complexity index is 329. The van der Waals surface area contributed by atoms with Gasteiger partial charge in [-0.1, -0.05) is 13.8 Å². The number of rotatable bonds is 4. The van der Waals surface area contributed by atoms with Gasteiger partial charge in [-0.25, -0.2) is 4.79 Å². The number of nitrogens with zero attached hydrogens (tertiary/aromatic N) is 2. The first kappa shape index (κ1) is 15.8. The molecule has 0 saturated carbocycles. The smallest absolute Gasteiger partial charge is 0.320 e. The lowest BCUT2D eigenvalue weighted by atomic mass is 9.92. The quantitative estimate of drug-likeness (QED) is 0.853. The number of carboxylic acid groups (broad SMARTS) is 1. The highest BCUT2D eigenvalue weighted by Gasteiger charge is 2.34. The SMILES string of the molecule is CCC(CC)N(C)C(=O)N1CCC(C(=O)O)CC1C. The molecule has 1 saturated heterocycles. The van der Waals surface area contributed by atoms with Gasteiger partial charge in [0.15, 0.2) is 0 Å². The first-order valence-electron chi connectivity index (χ1n) is 7.18. The zero-order chi connectivity index (χ0) is 14.6. The third-order valence-electron chi connectivity index (χ3n) is 4.26. The predicted molar refractivity (Wildman–Crippen MR) is 74.1 cm³/mol. The minimum Gasteiger partial charge on any atom is -0.481 e. The fourth-order valence-electron chi connectivity index (χ4n) is 2.88. The van der Waals surface area contributed by atoms with Crippen molar-refractivity contribution < 1.29 is 14.7 Å². The molecule has 2 unspecified atom stereocenters. The van der Waals surface area contributed by atoms with E-state index in [1.54, 1.807) is 4.90 Å². The number of hydrogen-bond donors (Lipinski definition) is 1. The average molecular weight is 270 g/mol. The van der Waals surface area contributed by atoms with Gasteiger partial charge in [-0.2, -0.15) is 0 Å². The largest absolute Gasteiger partial charge is 0.481 e. The molecule has 1 heterocycles. The number of likely N-dealkylation sites (tertiary alicyclic amines) is 1. The van der Waals surface area contributed by atoms with Gasteiger partial charge in [0.05, 0.1) is 5.92 Å². The van der Waals surface area contributed by atoms with Gasteiger partial charge in [0, 0.05) is 25.7 Å². The summed E-state index contributed by atoms with van der Waals surface area (Å²) in [7, 11) is 1.84. The van der Waals surface area contributed by atoms with E-state index in [9.17, 15) is 9.59 Å². The number of piperidine rings is 1. The fourth-order valence-corrected chi connectivity index (χ4v) is 2.88. The molecular weight excluding hydrogens is 244 g/mol. The molecule has 1 N–H and O–H groups in total. The minimum atomic E-state index is -0.743. The van der Waals surface area contributed by atoms with Crippen molar-refractivity contribution in [3.05, 3.63) is 0 Å². The summed E-state index contributed by atoms with van der Waals surface area (Å²) >= 11 is 0. The lowest BCUT2D eigenvalue weighted by Gasteiger charge is -2.40. The van der Waals surface area contributed by atoms with Gasteiger partial charge in [-0.3, -0.25) is 4.79 Å². The van der Waals surface area contributed by atoms with E-state index in [-0.39, 0.29) is 24.0 Å². The molecule has 1 aliphatic heterocycles. The van der Waals surface area contributed by atoms with Crippen molar-refractivity contribution in [3.8, 4) is 0 Å². The molecule has 1 rings (SSSR count). The van der Waals surface area contributed by atoms with E-state index in [1.807, 2.05) is 18.9 Å². The first-order valence-corrected chi connectivity index (χ1v) is 7.18. The van der Waals surface area contributed by atoms with Crippen LogP contribution >= 0.6 is 0 Å². The summed E-state index contributed by atoms with van der Waals surface area (Å²) in [5, 5.41) is 9.04. The Hall–Kier alpha value is -1.26. The fraction of sp³-hybridized carbons (Fsp3) is 0.857. The Labute approximate surface area is 115 Å². The summed E-state index contributed by atoms with van der Waals surface area (Å²) in [6, 6.07) is 0.293. The molecule has 19 heavy (non-hydrogen) atoms. The summed E-state index contributed by atoms with van der Waals surface area (Å²) in [6.07, 6.45) is 3.00. The van der Waals surface area contributed by atoms with E-state index < -0.39 is 5.97 Å². The van der Waals surface area contributed by atoms with E-state index >= 15 is 0 Å². The number of amides is 2. The van der Waals surface area contributed by atoms with Gasteiger partial charge >= 0.3 is 12.0 Å². The second kappa shape index (κ2) is 6.78. The van der Waals surface area contributed by atoms with Crippen molar-refractivity contribution in [2.24, 2.45) is 5.92 Å². The molecule has 5 nitrogen and oxygen atoms in total. The summed E-state index contributed by atoms with van der Waals surface area (Å²) < 4.78 is 0. The maximum Gasteiger partial charge on any atom is 0.320 e.